The minimum absolute atomic E-state index is 0.132. The number of likely N-dealkylation sites (tertiary alicyclic amines) is 1. The van der Waals surface area contributed by atoms with Crippen LogP contribution in [-0.4, -0.2) is 52.4 Å². The summed E-state index contributed by atoms with van der Waals surface area (Å²) in [4.78, 5) is 21.4. The maximum Gasteiger partial charge on any atom is 0.242 e. The van der Waals surface area contributed by atoms with Crippen LogP contribution in [0, 0.1) is 5.92 Å². The summed E-state index contributed by atoms with van der Waals surface area (Å²) >= 11 is 0. The summed E-state index contributed by atoms with van der Waals surface area (Å²) in [6.07, 6.45) is 6.94. The van der Waals surface area contributed by atoms with Crippen LogP contribution in [0.3, 0.4) is 0 Å². The van der Waals surface area contributed by atoms with Crippen LogP contribution >= 0.6 is 0 Å². The predicted molar refractivity (Wildman–Crippen MR) is 104 cm³/mol. The molecule has 4 rings (SSSR count). The molecule has 1 aliphatic heterocycles. The van der Waals surface area contributed by atoms with E-state index in [2.05, 4.69) is 27.4 Å². The number of carbonyl (C=O) groups is 1. The summed E-state index contributed by atoms with van der Waals surface area (Å²) in [6, 6.07) is 4.22. The lowest BCUT2D eigenvalue weighted by molar-refractivity contribution is -0.129. The number of rotatable bonds is 5. The van der Waals surface area contributed by atoms with E-state index in [9.17, 15) is 4.79 Å². The van der Waals surface area contributed by atoms with Crippen LogP contribution < -0.4 is 0 Å². The van der Waals surface area contributed by atoms with Crippen LogP contribution in [0.15, 0.2) is 18.3 Å². The molecular weight excluding hydrogens is 324 g/mol. The molecule has 2 fully saturated rings. The summed E-state index contributed by atoms with van der Waals surface area (Å²) in [6.45, 7) is 6.09. The number of piperidine rings is 1. The van der Waals surface area contributed by atoms with Crippen molar-refractivity contribution in [3.05, 3.63) is 29.6 Å². The smallest absolute Gasteiger partial charge is 0.242 e. The van der Waals surface area contributed by atoms with Gasteiger partial charge in [0.1, 0.15) is 12.2 Å². The Balaban J connectivity index is 1.76. The minimum atomic E-state index is 0.132. The number of amides is 1. The summed E-state index contributed by atoms with van der Waals surface area (Å²) < 4.78 is 2.21. The second kappa shape index (κ2) is 7.03. The Morgan fingerprint density at radius 1 is 1.31 bits per heavy atom. The molecule has 5 heteroatoms. The van der Waals surface area contributed by atoms with Gasteiger partial charge in [-0.05, 0) is 61.8 Å². The van der Waals surface area contributed by atoms with Gasteiger partial charge < -0.3 is 9.47 Å². The van der Waals surface area contributed by atoms with Gasteiger partial charge in [0, 0.05) is 44.5 Å². The lowest BCUT2D eigenvalue weighted by Gasteiger charge is -2.31. The molecule has 2 aromatic rings. The number of aromatic nitrogens is 2. The van der Waals surface area contributed by atoms with Gasteiger partial charge in [-0.25, -0.2) is 4.98 Å². The number of likely N-dealkylation sites (N-methyl/N-ethyl adjacent to an activating group) is 1. The summed E-state index contributed by atoms with van der Waals surface area (Å²) in [5, 5.41) is 1.24. The van der Waals surface area contributed by atoms with E-state index < -0.39 is 0 Å². The van der Waals surface area contributed by atoms with Crippen molar-refractivity contribution in [2.45, 2.75) is 51.6 Å². The van der Waals surface area contributed by atoms with Gasteiger partial charge in [-0.2, -0.15) is 0 Å². The summed E-state index contributed by atoms with van der Waals surface area (Å²) in [5.41, 5.74) is 3.76. The van der Waals surface area contributed by atoms with Gasteiger partial charge in [0.2, 0.25) is 5.91 Å². The lowest BCUT2D eigenvalue weighted by Crippen LogP contribution is -2.34. The molecule has 2 aromatic heterocycles. The van der Waals surface area contributed by atoms with Crippen LogP contribution in [0.2, 0.25) is 0 Å². The van der Waals surface area contributed by atoms with E-state index in [1.807, 2.05) is 26.4 Å². The largest absolute Gasteiger partial charge is 0.347 e. The fraction of sp³-hybridized carbons (Fsp3) is 0.619. The molecule has 1 aliphatic carbocycles. The van der Waals surface area contributed by atoms with Crippen molar-refractivity contribution in [3.63, 3.8) is 0 Å². The molecule has 0 N–H and O–H groups in total. The number of hydrogen-bond acceptors (Lipinski definition) is 3. The molecule has 0 unspecified atom stereocenters. The monoisotopic (exact) mass is 354 g/mol. The van der Waals surface area contributed by atoms with Crippen LogP contribution in [-0.2, 0) is 17.9 Å². The Labute approximate surface area is 156 Å². The second-order valence-corrected chi connectivity index (χ2v) is 8.37. The lowest BCUT2D eigenvalue weighted by atomic mass is 9.99. The molecule has 0 bridgehead atoms. The molecule has 1 saturated carbocycles. The van der Waals surface area contributed by atoms with E-state index in [1.54, 1.807) is 4.90 Å². The first-order valence-electron chi connectivity index (χ1n) is 9.93. The third-order valence-electron chi connectivity index (χ3n) is 5.85. The van der Waals surface area contributed by atoms with Crippen LogP contribution in [0.4, 0.5) is 0 Å². The van der Waals surface area contributed by atoms with E-state index in [-0.39, 0.29) is 5.91 Å². The molecule has 1 saturated heterocycles. The molecule has 3 heterocycles. The van der Waals surface area contributed by atoms with E-state index in [1.165, 1.54) is 55.4 Å². The van der Waals surface area contributed by atoms with Crippen LogP contribution in [0.1, 0.15) is 49.8 Å². The molecule has 2 aliphatic rings. The van der Waals surface area contributed by atoms with Gasteiger partial charge in [0.05, 0.1) is 0 Å². The zero-order chi connectivity index (χ0) is 18.3. The second-order valence-electron chi connectivity index (χ2n) is 8.37. The Kier molecular flexibility index (Phi) is 4.74. The van der Waals surface area contributed by atoms with E-state index in [0.717, 1.165) is 18.1 Å². The zero-order valence-electron chi connectivity index (χ0n) is 16.2. The fourth-order valence-corrected chi connectivity index (χ4v) is 4.34. The van der Waals surface area contributed by atoms with Crippen molar-refractivity contribution in [1.29, 1.82) is 0 Å². The molecule has 26 heavy (non-hydrogen) atoms. The Hall–Kier alpha value is -1.88. The molecule has 140 valence electrons. The SMILES string of the molecule is C[C@H]1CCCN(Cc2c(C3CC3)n(CC(=O)N(C)C)c3ncccc23)C1. The predicted octanol–water partition coefficient (Wildman–Crippen LogP) is 3.23. The first kappa shape index (κ1) is 17.5. The van der Waals surface area contributed by atoms with Crippen molar-refractivity contribution in [2.75, 3.05) is 27.2 Å². The number of carbonyl (C=O) groups excluding carboxylic acids is 1. The van der Waals surface area contributed by atoms with Crippen molar-refractivity contribution in [2.24, 2.45) is 5.92 Å². The quantitative estimate of drug-likeness (QED) is 0.828. The van der Waals surface area contributed by atoms with E-state index in [0.29, 0.717) is 12.5 Å². The van der Waals surface area contributed by atoms with Gasteiger partial charge in [0.15, 0.2) is 0 Å². The Morgan fingerprint density at radius 3 is 2.81 bits per heavy atom. The summed E-state index contributed by atoms with van der Waals surface area (Å²) in [5.74, 6) is 1.50. The minimum Gasteiger partial charge on any atom is -0.347 e. The average molecular weight is 354 g/mol. The van der Waals surface area contributed by atoms with Gasteiger partial charge in [-0.1, -0.05) is 6.92 Å². The highest BCUT2D eigenvalue weighted by atomic mass is 16.2. The third kappa shape index (κ3) is 3.37. The average Bonchev–Trinajstić information content (AvgIpc) is 3.41. The highest BCUT2D eigenvalue weighted by Gasteiger charge is 2.33. The van der Waals surface area contributed by atoms with Gasteiger partial charge in [0.25, 0.3) is 0 Å². The summed E-state index contributed by atoms with van der Waals surface area (Å²) in [7, 11) is 3.66. The number of pyridine rings is 1. The zero-order valence-corrected chi connectivity index (χ0v) is 16.2. The highest BCUT2D eigenvalue weighted by molar-refractivity contribution is 5.85. The Morgan fingerprint density at radius 2 is 2.12 bits per heavy atom. The maximum absolute atomic E-state index is 12.5. The van der Waals surface area contributed by atoms with Gasteiger partial charge in [-0.15, -0.1) is 0 Å². The number of fused-ring (bicyclic) bond motifs is 1. The van der Waals surface area contributed by atoms with Crippen molar-refractivity contribution in [3.8, 4) is 0 Å². The third-order valence-corrected chi connectivity index (χ3v) is 5.85. The Bertz CT molecular complexity index is 806. The van der Waals surface area contributed by atoms with Gasteiger partial charge >= 0.3 is 0 Å². The van der Waals surface area contributed by atoms with Crippen molar-refractivity contribution in [1.82, 2.24) is 19.4 Å². The van der Waals surface area contributed by atoms with E-state index in [4.69, 9.17) is 0 Å². The van der Waals surface area contributed by atoms with E-state index >= 15 is 0 Å². The maximum atomic E-state index is 12.5. The van der Waals surface area contributed by atoms with Crippen LogP contribution in [0.5, 0.6) is 0 Å². The topological polar surface area (TPSA) is 41.4 Å². The van der Waals surface area contributed by atoms with Crippen LogP contribution in [0.25, 0.3) is 11.0 Å². The van der Waals surface area contributed by atoms with Gasteiger partial charge in [-0.3, -0.25) is 9.69 Å². The molecule has 5 nitrogen and oxygen atoms in total. The molecule has 1 atom stereocenters. The first-order valence-corrected chi connectivity index (χ1v) is 9.93. The highest BCUT2D eigenvalue weighted by Crippen LogP contribution is 2.45. The fourth-order valence-electron chi connectivity index (χ4n) is 4.34. The standard InChI is InChI=1S/C21H30N4O/c1-15-6-5-11-24(12-15)13-18-17-7-4-10-22-21(17)25(14-19(26)23(2)3)20(18)16-8-9-16/h4,7,10,15-16H,5-6,8-9,11-14H2,1-3H3/t15-/m0/s1. The first-order chi connectivity index (χ1) is 12.5. The van der Waals surface area contributed by atoms with Crippen molar-refractivity contribution >= 4 is 16.9 Å². The molecule has 0 aromatic carbocycles. The molecule has 1 amide bonds. The normalized spacial score (nSPS) is 21.3. The molecule has 0 spiro atoms. The van der Waals surface area contributed by atoms with Crippen molar-refractivity contribution < 1.29 is 4.79 Å². The molecular formula is C21H30N4O. The molecule has 0 radical (unpaired) electrons. The number of nitrogens with zero attached hydrogens (tertiary/aromatic N) is 4. The number of hydrogen-bond donors (Lipinski definition) is 0.